The molecule has 0 atom stereocenters. The number of benzene rings is 2. The van der Waals surface area contributed by atoms with Gasteiger partial charge in [-0.2, -0.15) is 0 Å². The van der Waals surface area contributed by atoms with Gasteiger partial charge in [0.2, 0.25) is 0 Å². The van der Waals surface area contributed by atoms with Crippen molar-refractivity contribution in [3.8, 4) is 0 Å². The second-order valence-electron chi connectivity index (χ2n) is 4.02. The van der Waals surface area contributed by atoms with Gasteiger partial charge in [-0.15, -0.1) is 0 Å². The highest BCUT2D eigenvalue weighted by molar-refractivity contribution is 9.10. The molecule has 0 aromatic heterocycles. The molecule has 2 aromatic carbocycles. The van der Waals surface area contributed by atoms with Crippen molar-refractivity contribution in [2.45, 2.75) is 6.92 Å². The molecule has 2 aromatic rings. The molecule has 19 heavy (non-hydrogen) atoms. The zero-order valence-corrected chi connectivity index (χ0v) is 11.6. The van der Waals surface area contributed by atoms with Gasteiger partial charge in [0.05, 0.1) is 10.0 Å². The number of carbonyl (C=O) groups excluding carboxylic acids is 1. The van der Waals surface area contributed by atoms with Gasteiger partial charge in [0.25, 0.3) is 5.91 Å². The summed E-state index contributed by atoms with van der Waals surface area (Å²) in [5, 5.41) is 2.52. The summed E-state index contributed by atoms with van der Waals surface area (Å²) in [7, 11) is 0. The van der Waals surface area contributed by atoms with Gasteiger partial charge < -0.3 is 5.32 Å². The second kappa shape index (κ2) is 5.48. The van der Waals surface area contributed by atoms with E-state index in [0.29, 0.717) is 11.3 Å². The molecule has 0 spiro atoms. The summed E-state index contributed by atoms with van der Waals surface area (Å²) in [5.41, 5.74) is 0.743. The normalized spacial score (nSPS) is 10.3. The summed E-state index contributed by atoms with van der Waals surface area (Å²) in [6.45, 7) is 1.58. The Balaban J connectivity index is 2.26. The number of aryl methyl sites for hydroxylation is 1. The van der Waals surface area contributed by atoms with Crippen molar-refractivity contribution in [1.82, 2.24) is 0 Å². The van der Waals surface area contributed by atoms with Crippen LogP contribution in [0, 0.1) is 18.6 Å². The molecule has 0 aliphatic carbocycles. The molecule has 1 N–H and O–H groups in total. The average Bonchev–Trinajstić information content (AvgIpc) is 2.37. The maximum atomic E-state index is 13.8. The van der Waals surface area contributed by atoms with Crippen molar-refractivity contribution in [1.29, 1.82) is 0 Å². The molecule has 2 rings (SSSR count). The third-order valence-electron chi connectivity index (χ3n) is 2.61. The summed E-state index contributed by atoms with van der Waals surface area (Å²) in [6.07, 6.45) is 0. The molecule has 0 fully saturated rings. The lowest BCUT2D eigenvalue weighted by molar-refractivity contribution is 0.102. The molecule has 0 unspecified atom stereocenters. The number of hydrogen-bond donors (Lipinski definition) is 1. The minimum atomic E-state index is -0.570. The summed E-state index contributed by atoms with van der Waals surface area (Å²) in [5.74, 6) is -1.55. The molecule has 0 saturated heterocycles. The van der Waals surface area contributed by atoms with Gasteiger partial charge in [-0.3, -0.25) is 4.79 Å². The van der Waals surface area contributed by atoms with Crippen LogP contribution in [0.25, 0.3) is 0 Å². The average molecular weight is 326 g/mol. The fourth-order valence-corrected chi connectivity index (χ4v) is 1.97. The number of halogens is 3. The van der Waals surface area contributed by atoms with Gasteiger partial charge in [-0.25, -0.2) is 8.78 Å². The Labute approximate surface area is 117 Å². The quantitative estimate of drug-likeness (QED) is 0.876. The third-order valence-corrected chi connectivity index (χ3v) is 3.22. The molecule has 98 valence electrons. The molecule has 2 nitrogen and oxygen atoms in total. The van der Waals surface area contributed by atoms with E-state index in [1.54, 1.807) is 19.1 Å². The van der Waals surface area contributed by atoms with E-state index in [9.17, 15) is 13.6 Å². The standard InChI is InChI=1S/C14H10BrF2NO/c1-8-3-2-4-10(13(8)17)14(19)18-9-5-6-12(16)11(15)7-9/h2-7H,1H3,(H,18,19). The van der Waals surface area contributed by atoms with Crippen LogP contribution in [0.4, 0.5) is 14.5 Å². The monoisotopic (exact) mass is 325 g/mol. The van der Waals surface area contributed by atoms with Crippen LogP contribution in [0.5, 0.6) is 0 Å². The Bertz CT molecular complexity index is 643. The molecule has 5 heteroatoms. The lowest BCUT2D eigenvalue weighted by atomic mass is 10.1. The van der Waals surface area contributed by atoms with Gasteiger partial charge >= 0.3 is 0 Å². The number of carbonyl (C=O) groups is 1. The van der Waals surface area contributed by atoms with Crippen LogP contribution < -0.4 is 5.32 Å². The van der Waals surface area contributed by atoms with Gasteiger partial charge in [-0.1, -0.05) is 12.1 Å². The predicted molar refractivity (Wildman–Crippen MR) is 73.2 cm³/mol. The molecular formula is C14H10BrF2NO. The second-order valence-corrected chi connectivity index (χ2v) is 4.87. The number of anilines is 1. The van der Waals surface area contributed by atoms with E-state index in [4.69, 9.17) is 0 Å². The first-order chi connectivity index (χ1) is 8.99. The predicted octanol–water partition coefficient (Wildman–Crippen LogP) is 4.29. The first-order valence-electron chi connectivity index (χ1n) is 5.50. The number of rotatable bonds is 2. The lowest BCUT2D eigenvalue weighted by Crippen LogP contribution is -2.14. The van der Waals surface area contributed by atoms with Gasteiger partial charge in [0, 0.05) is 5.69 Å². The van der Waals surface area contributed by atoms with E-state index >= 15 is 0 Å². The SMILES string of the molecule is Cc1cccc(C(=O)Nc2ccc(F)c(Br)c2)c1F. The van der Waals surface area contributed by atoms with Crippen LogP contribution in [-0.2, 0) is 0 Å². The van der Waals surface area contributed by atoms with Crippen molar-refractivity contribution in [3.63, 3.8) is 0 Å². The summed E-state index contributed by atoms with van der Waals surface area (Å²) in [6, 6.07) is 8.63. The minimum absolute atomic E-state index is 0.0413. The highest BCUT2D eigenvalue weighted by Crippen LogP contribution is 2.21. The topological polar surface area (TPSA) is 29.1 Å². The third kappa shape index (κ3) is 2.98. The first kappa shape index (κ1) is 13.7. The maximum Gasteiger partial charge on any atom is 0.258 e. The van der Waals surface area contributed by atoms with Crippen LogP contribution in [0.2, 0.25) is 0 Å². The van der Waals surface area contributed by atoms with Crippen LogP contribution in [0.15, 0.2) is 40.9 Å². The Hall–Kier alpha value is -1.75. The highest BCUT2D eigenvalue weighted by Gasteiger charge is 2.13. The molecule has 0 aliphatic rings. The van der Waals surface area contributed by atoms with Crippen molar-refractivity contribution < 1.29 is 13.6 Å². The Morgan fingerprint density at radius 1 is 1.21 bits per heavy atom. The molecular weight excluding hydrogens is 316 g/mol. The van der Waals surface area contributed by atoms with Gasteiger partial charge in [-0.05, 0) is 52.7 Å². The van der Waals surface area contributed by atoms with Crippen molar-refractivity contribution in [3.05, 3.63) is 63.6 Å². The first-order valence-corrected chi connectivity index (χ1v) is 6.30. The smallest absolute Gasteiger partial charge is 0.258 e. The highest BCUT2D eigenvalue weighted by atomic mass is 79.9. The van der Waals surface area contributed by atoms with Crippen LogP contribution in [-0.4, -0.2) is 5.91 Å². The summed E-state index contributed by atoms with van der Waals surface area (Å²) >= 11 is 3.02. The zero-order chi connectivity index (χ0) is 14.0. The maximum absolute atomic E-state index is 13.8. The fourth-order valence-electron chi connectivity index (χ4n) is 1.60. The molecule has 0 bridgehead atoms. The van der Waals surface area contributed by atoms with E-state index in [1.807, 2.05) is 0 Å². The fraction of sp³-hybridized carbons (Fsp3) is 0.0714. The summed E-state index contributed by atoms with van der Waals surface area (Å²) in [4.78, 5) is 11.9. The molecule has 0 heterocycles. The van der Waals surface area contributed by atoms with Crippen LogP contribution in [0.1, 0.15) is 15.9 Å². The number of hydrogen-bond acceptors (Lipinski definition) is 1. The lowest BCUT2D eigenvalue weighted by Gasteiger charge is -2.08. The molecule has 0 aliphatic heterocycles. The van der Waals surface area contributed by atoms with Crippen LogP contribution >= 0.6 is 15.9 Å². The van der Waals surface area contributed by atoms with E-state index in [1.165, 1.54) is 24.3 Å². The van der Waals surface area contributed by atoms with E-state index in [2.05, 4.69) is 21.2 Å². The van der Waals surface area contributed by atoms with E-state index in [-0.39, 0.29) is 10.0 Å². The summed E-state index contributed by atoms with van der Waals surface area (Å²) < 4.78 is 27.1. The van der Waals surface area contributed by atoms with Crippen LogP contribution in [0.3, 0.4) is 0 Å². The Morgan fingerprint density at radius 3 is 2.63 bits per heavy atom. The Morgan fingerprint density at radius 2 is 1.95 bits per heavy atom. The Kier molecular flexibility index (Phi) is 3.95. The van der Waals surface area contributed by atoms with Crippen molar-refractivity contribution in [2.75, 3.05) is 5.32 Å². The molecule has 1 amide bonds. The van der Waals surface area contributed by atoms with E-state index in [0.717, 1.165) is 0 Å². The zero-order valence-electron chi connectivity index (χ0n) is 10.0. The minimum Gasteiger partial charge on any atom is -0.322 e. The molecule has 0 radical (unpaired) electrons. The van der Waals surface area contributed by atoms with Gasteiger partial charge in [0.15, 0.2) is 0 Å². The molecule has 0 saturated carbocycles. The van der Waals surface area contributed by atoms with E-state index < -0.39 is 17.5 Å². The van der Waals surface area contributed by atoms with Crippen molar-refractivity contribution >= 4 is 27.5 Å². The largest absolute Gasteiger partial charge is 0.322 e. The van der Waals surface area contributed by atoms with Gasteiger partial charge in [0.1, 0.15) is 11.6 Å². The number of nitrogens with one attached hydrogen (secondary N) is 1. The van der Waals surface area contributed by atoms with Crippen molar-refractivity contribution in [2.24, 2.45) is 0 Å². The number of amides is 1.